The third kappa shape index (κ3) is 4.12. The number of carbonyl (C=O) groups excluding carboxylic acids is 2. The van der Waals surface area contributed by atoms with E-state index in [9.17, 15) is 9.59 Å². The van der Waals surface area contributed by atoms with Crippen molar-refractivity contribution in [3.05, 3.63) is 48.5 Å². The number of para-hydroxylation sites is 2. The lowest BCUT2D eigenvalue weighted by Crippen LogP contribution is -2.50. The summed E-state index contributed by atoms with van der Waals surface area (Å²) in [6.45, 7) is 3.29. The molecule has 2 aromatic rings. The summed E-state index contributed by atoms with van der Waals surface area (Å²) in [4.78, 5) is 32.7. The SMILES string of the molecule is COc1ccccc1N1CCN(C(=O)C2CC(=O)N(c3cccc(SC)c3)C2)CC1. The number of methoxy groups -OCH3 is 1. The van der Waals surface area contributed by atoms with Gasteiger partial charge in [-0.3, -0.25) is 9.59 Å². The molecule has 7 heteroatoms. The molecule has 0 radical (unpaired) electrons. The van der Waals surface area contributed by atoms with Gasteiger partial charge < -0.3 is 19.4 Å². The van der Waals surface area contributed by atoms with E-state index in [0.29, 0.717) is 19.6 Å². The minimum Gasteiger partial charge on any atom is -0.495 e. The van der Waals surface area contributed by atoms with Crippen molar-refractivity contribution in [3.8, 4) is 5.75 Å². The molecule has 2 aliphatic rings. The molecule has 2 amide bonds. The molecule has 158 valence electrons. The van der Waals surface area contributed by atoms with E-state index in [0.717, 1.165) is 35.1 Å². The number of ether oxygens (including phenoxy) is 1. The Morgan fingerprint density at radius 1 is 1.07 bits per heavy atom. The quantitative estimate of drug-likeness (QED) is 0.689. The van der Waals surface area contributed by atoms with Crippen LogP contribution in [0.25, 0.3) is 0 Å². The summed E-state index contributed by atoms with van der Waals surface area (Å²) < 4.78 is 5.47. The number of nitrogens with zero attached hydrogens (tertiary/aromatic N) is 3. The molecule has 1 unspecified atom stereocenters. The van der Waals surface area contributed by atoms with Crippen LogP contribution in [0.4, 0.5) is 11.4 Å². The molecule has 0 saturated carbocycles. The van der Waals surface area contributed by atoms with E-state index in [4.69, 9.17) is 4.74 Å². The highest BCUT2D eigenvalue weighted by molar-refractivity contribution is 7.98. The second-order valence-electron chi connectivity index (χ2n) is 7.59. The Morgan fingerprint density at radius 2 is 1.83 bits per heavy atom. The Hall–Kier alpha value is -2.67. The van der Waals surface area contributed by atoms with E-state index in [1.165, 1.54) is 0 Å². The van der Waals surface area contributed by atoms with Crippen LogP contribution in [-0.2, 0) is 9.59 Å². The molecule has 2 fully saturated rings. The van der Waals surface area contributed by atoms with E-state index in [-0.39, 0.29) is 24.2 Å². The lowest BCUT2D eigenvalue weighted by Gasteiger charge is -2.37. The third-order valence-corrected chi connectivity index (χ3v) is 6.58. The van der Waals surface area contributed by atoms with Crippen molar-refractivity contribution in [3.63, 3.8) is 0 Å². The number of amides is 2. The smallest absolute Gasteiger partial charge is 0.228 e. The predicted molar refractivity (Wildman–Crippen MR) is 120 cm³/mol. The molecule has 0 bridgehead atoms. The molecule has 2 heterocycles. The molecule has 0 spiro atoms. The summed E-state index contributed by atoms with van der Waals surface area (Å²) in [6, 6.07) is 15.9. The van der Waals surface area contributed by atoms with E-state index < -0.39 is 0 Å². The summed E-state index contributed by atoms with van der Waals surface area (Å²) >= 11 is 1.65. The van der Waals surface area contributed by atoms with Gasteiger partial charge >= 0.3 is 0 Å². The molecule has 1 atom stereocenters. The van der Waals surface area contributed by atoms with Crippen LogP contribution >= 0.6 is 11.8 Å². The summed E-state index contributed by atoms with van der Waals surface area (Å²) in [5, 5.41) is 0. The lowest BCUT2D eigenvalue weighted by molar-refractivity contribution is -0.136. The maximum Gasteiger partial charge on any atom is 0.228 e. The van der Waals surface area contributed by atoms with Crippen molar-refractivity contribution in [2.24, 2.45) is 5.92 Å². The van der Waals surface area contributed by atoms with Crippen LogP contribution < -0.4 is 14.5 Å². The van der Waals surface area contributed by atoms with Crippen LogP contribution in [-0.4, -0.2) is 62.8 Å². The Morgan fingerprint density at radius 3 is 2.57 bits per heavy atom. The van der Waals surface area contributed by atoms with Gasteiger partial charge in [0.2, 0.25) is 11.8 Å². The van der Waals surface area contributed by atoms with Crippen molar-refractivity contribution < 1.29 is 14.3 Å². The zero-order valence-electron chi connectivity index (χ0n) is 17.4. The minimum atomic E-state index is -0.270. The maximum atomic E-state index is 13.1. The molecule has 2 aromatic carbocycles. The Balaban J connectivity index is 1.38. The number of anilines is 2. The summed E-state index contributed by atoms with van der Waals surface area (Å²) in [7, 11) is 1.68. The molecule has 2 saturated heterocycles. The number of benzene rings is 2. The zero-order valence-corrected chi connectivity index (χ0v) is 18.2. The van der Waals surface area contributed by atoms with Crippen molar-refractivity contribution >= 4 is 35.0 Å². The fourth-order valence-electron chi connectivity index (χ4n) is 4.22. The molecular formula is C23H27N3O3S. The van der Waals surface area contributed by atoms with Crippen molar-refractivity contribution in [2.75, 3.05) is 55.9 Å². The summed E-state index contributed by atoms with van der Waals surface area (Å²) in [6.07, 6.45) is 2.30. The highest BCUT2D eigenvalue weighted by atomic mass is 32.2. The Labute approximate surface area is 181 Å². The van der Waals surface area contributed by atoms with Crippen molar-refractivity contribution in [1.29, 1.82) is 0 Å². The fraction of sp³-hybridized carbons (Fsp3) is 0.391. The summed E-state index contributed by atoms with van der Waals surface area (Å²) in [5.41, 5.74) is 1.94. The van der Waals surface area contributed by atoms with E-state index >= 15 is 0 Å². The molecule has 6 nitrogen and oxygen atoms in total. The first-order chi connectivity index (χ1) is 14.6. The minimum absolute atomic E-state index is 0.0271. The van der Waals surface area contributed by atoms with Gasteiger partial charge in [-0.15, -0.1) is 11.8 Å². The number of carbonyl (C=O) groups is 2. The molecule has 0 aliphatic carbocycles. The van der Waals surface area contributed by atoms with Crippen LogP contribution in [0, 0.1) is 5.92 Å². The molecule has 2 aliphatic heterocycles. The van der Waals surface area contributed by atoms with Gasteiger partial charge in [0.25, 0.3) is 0 Å². The molecule has 0 aromatic heterocycles. The second kappa shape index (κ2) is 9.00. The monoisotopic (exact) mass is 425 g/mol. The molecular weight excluding hydrogens is 398 g/mol. The first-order valence-corrected chi connectivity index (χ1v) is 11.4. The van der Waals surface area contributed by atoms with Crippen molar-refractivity contribution in [2.45, 2.75) is 11.3 Å². The van der Waals surface area contributed by atoms with Crippen LogP contribution in [0.1, 0.15) is 6.42 Å². The van der Waals surface area contributed by atoms with Crippen molar-refractivity contribution in [1.82, 2.24) is 4.90 Å². The van der Waals surface area contributed by atoms with Gasteiger partial charge in [-0.25, -0.2) is 0 Å². The highest BCUT2D eigenvalue weighted by Crippen LogP contribution is 2.31. The summed E-state index contributed by atoms with van der Waals surface area (Å²) in [5.74, 6) is 0.695. The maximum absolute atomic E-state index is 13.1. The largest absolute Gasteiger partial charge is 0.495 e. The van der Waals surface area contributed by atoms with Crippen LogP contribution in [0.15, 0.2) is 53.4 Å². The number of hydrogen-bond donors (Lipinski definition) is 0. The molecule has 0 N–H and O–H groups in total. The number of piperazine rings is 1. The van der Waals surface area contributed by atoms with Crippen LogP contribution in [0.2, 0.25) is 0 Å². The van der Waals surface area contributed by atoms with Gasteiger partial charge in [-0.05, 0) is 36.6 Å². The van der Waals surface area contributed by atoms with Gasteiger partial charge in [0.05, 0.1) is 18.7 Å². The van der Waals surface area contributed by atoms with Crippen LogP contribution in [0.3, 0.4) is 0 Å². The van der Waals surface area contributed by atoms with Gasteiger partial charge in [-0.2, -0.15) is 0 Å². The van der Waals surface area contributed by atoms with E-state index in [1.54, 1.807) is 23.8 Å². The Kier molecular flexibility index (Phi) is 6.18. The second-order valence-corrected chi connectivity index (χ2v) is 8.47. The number of rotatable bonds is 5. The average molecular weight is 426 g/mol. The van der Waals surface area contributed by atoms with E-state index in [2.05, 4.69) is 4.90 Å². The lowest BCUT2D eigenvalue weighted by atomic mass is 10.1. The number of thioether (sulfide) groups is 1. The fourth-order valence-corrected chi connectivity index (χ4v) is 4.67. The molecule has 4 rings (SSSR count). The average Bonchev–Trinajstić information content (AvgIpc) is 3.20. The first kappa shape index (κ1) is 20.6. The van der Waals surface area contributed by atoms with Gasteiger partial charge in [0.15, 0.2) is 0 Å². The zero-order chi connectivity index (χ0) is 21.1. The first-order valence-electron chi connectivity index (χ1n) is 10.2. The normalized spacial score (nSPS) is 19.3. The van der Waals surface area contributed by atoms with Crippen LogP contribution in [0.5, 0.6) is 5.75 Å². The topological polar surface area (TPSA) is 53.1 Å². The highest BCUT2D eigenvalue weighted by Gasteiger charge is 2.38. The third-order valence-electron chi connectivity index (χ3n) is 5.86. The predicted octanol–water partition coefficient (Wildman–Crippen LogP) is 3.12. The standard InChI is InChI=1S/C23H27N3O3S/c1-29-21-9-4-3-8-20(21)24-10-12-25(13-11-24)23(28)17-14-22(27)26(16-17)18-6-5-7-19(15-18)30-2/h3-9,15,17H,10-14,16H2,1-2H3. The van der Waals surface area contributed by atoms with Gasteiger partial charge in [-0.1, -0.05) is 18.2 Å². The van der Waals surface area contributed by atoms with Gasteiger partial charge in [0, 0.05) is 49.7 Å². The van der Waals surface area contributed by atoms with E-state index in [1.807, 2.05) is 59.7 Å². The van der Waals surface area contributed by atoms with Gasteiger partial charge in [0.1, 0.15) is 5.75 Å². The Bertz CT molecular complexity index is 927. The molecule has 30 heavy (non-hydrogen) atoms. The number of hydrogen-bond acceptors (Lipinski definition) is 5.